The van der Waals surface area contributed by atoms with Crippen LogP contribution in [-0.2, 0) is 0 Å². The van der Waals surface area contributed by atoms with Crippen molar-refractivity contribution in [3.05, 3.63) is 18.1 Å². The van der Waals surface area contributed by atoms with Crippen LogP contribution in [0.15, 0.2) is 12.4 Å². The maximum Gasteiger partial charge on any atom is 0.356 e. The van der Waals surface area contributed by atoms with E-state index >= 15 is 0 Å². The minimum absolute atomic E-state index is 0.0849. The fraction of sp³-hybridized carbons (Fsp3) is 0.364. The summed E-state index contributed by atoms with van der Waals surface area (Å²) in [6, 6.07) is -0.102. The van der Waals surface area contributed by atoms with E-state index in [1.54, 1.807) is 0 Å². The fourth-order valence-corrected chi connectivity index (χ4v) is 1.18. The van der Waals surface area contributed by atoms with Crippen LogP contribution in [0.25, 0.3) is 0 Å². The molecule has 0 aromatic carbocycles. The molecule has 0 bridgehead atoms. The maximum absolute atomic E-state index is 10.5. The van der Waals surface area contributed by atoms with Gasteiger partial charge in [-0.15, -0.1) is 6.42 Å². The number of anilines is 1. The molecule has 2 N–H and O–H groups in total. The number of hydrogen-bond donors (Lipinski definition) is 2. The Morgan fingerprint density at radius 1 is 1.62 bits per heavy atom. The van der Waals surface area contributed by atoms with E-state index in [0.29, 0.717) is 5.82 Å². The second-order valence-electron chi connectivity index (χ2n) is 3.24. The van der Waals surface area contributed by atoms with E-state index in [4.69, 9.17) is 11.5 Å². The van der Waals surface area contributed by atoms with E-state index in [-0.39, 0.29) is 11.7 Å². The Morgan fingerprint density at radius 3 is 2.81 bits per heavy atom. The highest BCUT2D eigenvalue weighted by atomic mass is 16.4. The quantitative estimate of drug-likeness (QED) is 0.732. The van der Waals surface area contributed by atoms with Gasteiger partial charge in [0.15, 0.2) is 5.69 Å². The molecule has 1 aromatic rings. The summed E-state index contributed by atoms with van der Waals surface area (Å²) < 4.78 is 0. The van der Waals surface area contributed by atoms with Crippen molar-refractivity contribution in [2.24, 2.45) is 0 Å². The standard InChI is InChI=1S/C11H13N3O2/c1-3-5-8(4-2)14-10-7-12-9(6-13-10)11(15)16/h2,6-8H,3,5H2,1H3,(H,13,14)(H,15,16). The molecule has 16 heavy (non-hydrogen) atoms. The minimum Gasteiger partial charge on any atom is -0.476 e. The first-order chi connectivity index (χ1) is 7.67. The van der Waals surface area contributed by atoms with Crippen LogP contribution in [0.3, 0.4) is 0 Å². The van der Waals surface area contributed by atoms with Gasteiger partial charge in [0.25, 0.3) is 0 Å². The van der Waals surface area contributed by atoms with E-state index in [0.717, 1.165) is 12.8 Å². The molecular weight excluding hydrogens is 206 g/mol. The summed E-state index contributed by atoms with van der Waals surface area (Å²) >= 11 is 0. The van der Waals surface area contributed by atoms with Crippen LogP contribution < -0.4 is 5.32 Å². The molecule has 0 radical (unpaired) electrons. The molecule has 1 aromatic heterocycles. The van der Waals surface area contributed by atoms with Gasteiger partial charge in [0, 0.05) is 0 Å². The number of terminal acetylenes is 1. The fourth-order valence-electron chi connectivity index (χ4n) is 1.18. The second kappa shape index (κ2) is 5.71. The van der Waals surface area contributed by atoms with Crippen LogP contribution in [0.5, 0.6) is 0 Å². The van der Waals surface area contributed by atoms with Crippen molar-refractivity contribution in [2.45, 2.75) is 25.8 Å². The van der Waals surface area contributed by atoms with Gasteiger partial charge in [-0.3, -0.25) is 0 Å². The molecule has 0 aliphatic carbocycles. The minimum atomic E-state index is -1.10. The largest absolute Gasteiger partial charge is 0.476 e. The molecule has 1 heterocycles. The third-order valence-electron chi connectivity index (χ3n) is 1.97. The molecule has 5 heteroatoms. The molecule has 1 rings (SSSR count). The molecular formula is C11H13N3O2. The molecule has 0 saturated heterocycles. The van der Waals surface area contributed by atoms with Crippen LogP contribution in [0.1, 0.15) is 30.3 Å². The number of aromatic nitrogens is 2. The van der Waals surface area contributed by atoms with Crippen molar-refractivity contribution in [2.75, 3.05) is 5.32 Å². The number of aromatic carboxylic acids is 1. The van der Waals surface area contributed by atoms with Gasteiger partial charge in [0.1, 0.15) is 5.82 Å². The van der Waals surface area contributed by atoms with Crippen molar-refractivity contribution in [3.8, 4) is 12.3 Å². The third kappa shape index (κ3) is 3.24. The van der Waals surface area contributed by atoms with E-state index in [1.807, 2.05) is 6.92 Å². The first-order valence-corrected chi connectivity index (χ1v) is 4.95. The highest BCUT2D eigenvalue weighted by Gasteiger charge is 2.07. The summed E-state index contributed by atoms with van der Waals surface area (Å²) in [6.45, 7) is 2.03. The number of carboxylic acids is 1. The number of rotatable bonds is 5. The van der Waals surface area contributed by atoms with Crippen LogP contribution in [0.4, 0.5) is 5.82 Å². The van der Waals surface area contributed by atoms with Gasteiger partial charge < -0.3 is 10.4 Å². The van der Waals surface area contributed by atoms with Crippen molar-refractivity contribution in [1.82, 2.24) is 9.97 Å². The second-order valence-corrected chi connectivity index (χ2v) is 3.24. The Hall–Kier alpha value is -2.09. The number of nitrogens with one attached hydrogen (secondary N) is 1. The lowest BCUT2D eigenvalue weighted by Gasteiger charge is -2.11. The van der Waals surface area contributed by atoms with Crippen LogP contribution in [0.2, 0.25) is 0 Å². The molecule has 0 spiro atoms. The zero-order chi connectivity index (χ0) is 12.0. The van der Waals surface area contributed by atoms with Gasteiger partial charge >= 0.3 is 5.97 Å². The average molecular weight is 219 g/mol. The predicted molar refractivity (Wildman–Crippen MR) is 60.1 cm³/mol. The number of carbonyl (C=O) groups is 1. The summed E-state index contributed by atoms with van der Waals surface area (Å²) in [7, 11) is 0. The predicted octanol–water partition coefficient (Wildman–Crippen LogP) is 1.39. The third-order valence-corrected chi connectivity index (χ3v) is 1.97. The number of nitrogens with zero attached hydrogens (tertiary/aromatic N) is 2. The molecule has 0 fully saturated rings. The summed E-state index contributed by atoms with van der Waals surface area (Å²) in [6.07, 6.45) is 9.69. The van der Waals surface area contributed by atoms with Crippen LogP contribution >= 0.6 is 0 Å². The van der Waals surface area contributed by atoms with Gasteiger partial charge in [-0.25, -0.2) is 14.8 Å². The Morgan fingerprint density at radius 2 is 2.38 bits per heavy atom. The molecule has 1 unspecified atom stereocenters. The zero-order valence-corrected chi connectivity index (χ0v) is 8.97. The topological polar surface area (TPSA) is 75.1 Å². The Balaban J connectivity index is 2.68. The summed E-state index contributed by atoms with van der Waals surface area (Å²) in [5, 5.41) is 11.6. The van der Waals surface area contributed by atoms with E-state index < -0.39 is 5.97 Å². The maximum atomic E-state index is 10.5. The van der Waals surface area contributed by atoms with Crippen molar-refractivity contribution in [1.29, 1.82) is 0 Å². The summed E-state index contributed by atoms with van der Waals surface area (Å²) in [5.41, 5.74) is -0.0849. The molecule has 0 amide bonds. The van der Waals surface area contributed by atoms with Gasteiger partial charge in [-0.2, -0.15) is 0 Å². The number of hydrogen-bond acceptors (Lipinski definition) is 4. The highest BCUT2D eigenvalue weighted by Crippen LogP contribution is 2.06. The molecule has 0 aliphatic heterocycles. The van der Waals surface area contributed by atoms with Gasteiger partial charge in [-0.1, -0.05) is 19.3 Å². The Labute approximate surface area is 93.9 Å². The lowest BCUT2D eigenvalue weighted by Crippen LogP contribution is -2.18. The van der Waals surface area contributed by atoms with Crippen molar-refractivity contribution >= 4 is 11.8 Å². The molecule has 0 saturated carbocycles. The van der Waals surface area contributed by atoms with Crippen LogP contribution in [-0.4, -0.2) is 27.1 Å². The average Bonchev–Trinajstić information content (AvgIpc) is 2.29. The number of carboxylic acid groups (broad SMARTS) is 1. The van der Waals surface area contributed by atoms with E-state index in [2.05, 4.69) is 21.2 Å². The Kier molecular flexibility index (Phi) is 4.28. The first-order valence-electron chi connectivity index (χ1n) is 4.95. The van der Waals surface area contributed by atoms with Crippen molar-refractivity contribution in [3.63, 3.8) is 0 Å². The lowest BCUT2D eigenvalue weighted by molar-refractivity contribution is 0.0690. The van der Waals surface area contributed by atoms with E-state index in [9.17, 15) is 4.79 Å². The molecule has 84 valence electrons. The van der Waals surface area contributed by atoms with E-state index in [1.165, 1.54) is 12.4 Å². The van der Waals surface area contributed by atoms with Gasteiger partial charge in [-0.05, 0) is 6.42 Å². The monoisotopic (exact) mass is 219 g/mol. The van der Waals surface area contributed by atoms with Crippen molar-refractivity contribution < 1.29 is 9.90 Å². The summed E-state index contributed by atoms with van der Waals surface area (Å²) in [5.74, 6) is 1.98. The SMILES string of the molecule is C#CC(CCC)Nc1cnc(C(=O)O)cn1. The van der Waals surface area contributed by atoms with Crippen LogP contribution in [0, 0.1) is 12.3 Å². The Bertz CT molecular complexity index is 395. The summed E-state index contributed by atoms with van der Waals surface area (Å²) in [4.78, 5) is 18.2. The molecule has 0 aliphatic rings. The van der Waals surface area contributed by atoms with Gasteiger partial charge in [0.2, 0.25) is 0 Å². The normalized spacial score (nSPS) is 11.5. The molecule has 5 nitrogen and oxygen atoms in total. The smallest absolute Gasteiger partial charge is 0.356 e. The highest BCUT2D eigenvalue weighted by molar-refractivity contribution is 5.84. The van der Waals surface area contributed by atoms with Gasteiger partial charge in [0.05, 0.1) is 18.4 Å². The zero-order valence-electron chi connectivity index (χ0n) is 8.97. The molecule has 1 atom stereocenters. The first kappa shape index (κ1) is 12.0. The lowest BCUT2D eigenvalue weighted by atomic mass is 10.2.